The summed E-state index contributed by atoms with van der Waals surface area (Å²) in [5, 5.41) is 9.71. The van der Waals surface area contributed by atoms with Crippen LogP contribution in [0.25, 0.3) is 0 Å². The van der Waals surface area contributed by atoms with Gasteiger partial charge in [0.2, 0.25) is 0 Å². The van der Waals surface area contributed by atoms with Gasteiger partial charge in [-0.15, -0.1) is 0 Å². The summed E-state index contributed by atoms with van der Waals surface area (Å²) in [7, 11) is 1.21. The molecule has 0 aliphatic heterocycles. The molecule has 0 bridgehead atoms. The first-order valence-electron chi connectivity index (χ1n) is 4.89. The van der Waals surface area contributed by atoms with Crippen molar-refractivity contribution in [2.45, 2.75) is 24.9 Å². The number of benzene rings is 1. The lowest BCUT2D eigenvalue weighted by molar-refractivity contribution is 0.149. The predicted molar refractivity (Wildman–Crippen MR) is 58.5 cm³/mol. The Hall–Kier alpha value is -0.680. The molecule has 0 atom stereocenters. The molecule has 1 aromatic carbocycles. The van der Waals surface area contributed by atoms with Gasteiger partial charge in [0.05, 0.1) is 17.2 Å². The number of methoxy groups -OCH3 is 1. The molecule has 1 aliphatic carbocycles. The molecule has 1 aromatic rings. The summed E-state index contributed by atoms with van der Waals surface area (Å²) in [6.07, 6.45) is 1.50. The van der Waals surface area contributed by atoms with Crippen LogP contribution in [0.3, 0.4) is 0 Å². The quantitative estimate of drug-likeness (QED) is 0.868. The van der Waals surface area contributed by atoms with Gasteiger partial charge in [-0.2, -0.15) is 0 Å². The van der Waals surface area contributed by atoms with E-state index in [1.54, 1.807) is 0 Å². The van der Waals surface area contributed by atoms with Gasteiger partial charge in [0.1, 0.15) is 0 Å². The Morgan fingerprint density at radius 2 is 2.06 bits per heavy atom. The van der Waals surface area contributed by atoms with Gasteiger partial charge in [-0.1, -0.05) is 0 Å². The Labute approximate surface area is 100 Å². The van der Waals surface area contributed by atoms with Gasteiger partial charge >= 0.3 is 0 Å². The SMILES string of the molecule is COc1c(F)c(Br)cc(CC2(O)CC2)c1F. The monoisotopic (exact) mass is 292 g/mol. The van der Waals surface area contributed by atoms with Crippen molar-refractivity contribution >= 4 is 15.9 Å². The van der Waals surface area contributed by atoms with Crippen molar-refractivity contribution in [1.82, 2.24) is 0 Å². The first-order valence-corrected chi connectivity index (χ1v) is 5.69. The number of hydrogen-bond donors (Lipinski definition) is 1. The Bertz CT molecular complexity index is 430. The van der Waals surface area contributed by atoms with Crippen LogP contribution in [0.15, 0.2) is 10.5 Å². The fourth-order valence-electron chi connectivity index (χ4n) is 1.61. The minimum absolute atomic E-state index is 0.144. The lowest BCUT2D eigenvalue weighted by Gasteiger charge is -2.12. The molecule has 1 fully saturated rings. The standard InChI is InChI=1S/C11H11BrF2O2/c1-16-10-8(13)6(4-7(12)9(10)14)5-11(15)2-3-11/h4,15H,2-3,5H2,1H3. The Morgan fingerprint density at radius 3 is 2.56 bits per heavy atom. The molecule has 1 N–H and O–H groups in total. The number of hydrogen-bond acceptors (Lipinski definition) is 2. The lowest BCUT2D eigenvalue weighted by atomic mass is 10.1. The molecule has 0 heterocycles. The third-order valence-electron chi connectivity index (χ3n) is 2.74. The molecule has 1 aliphatic rings. The van der Waals surface area contributed by atoms with E-state index in [2.05, 4.69) is 20.7 Å². The summed E-state index contributed by atoms with van der Waals surface area (Å²) in [6, 6.07) is 1.35. The first-order chi connectivity index (χ1) is 7.47. The van der Waals surface area contributed by atoms with E-state index in [1.807, 2.05) is 0 Å². The molecule has 0 radical (unpaired) electrons. The predicted octanol–water partition coefficient (Wildman–Crippen LogP) is 2.80. The molecular formula is C11H11BrF2O2. The summed E-state index contributed by atoms with van der Waals surface area (Å²) >= 11 is 3.00. The van der Waals surface area contributed by atoms with Gasteiger partial charge in [0, 0.05) is 6.42 Å². The van der Waals surface area contributed by atoms with Crippen LogP contribution in [0.1, 0.15) is 18.4 Å². The van der Waals surface area contributed by atoms with Crippen molar-refractivity contribution in [3.05, 3.63) is 27.7 Å². The van der Waals surface area contributed by atoms with Gasteiger partial charge in [-0.25, -0.2) is 8.78 Å². The molecule has 5 heteroatoms. The maximum atomic E-state index is 13.8. The fourth-order valence-corrected chi connectivity index (χ4v) is 2.07. The van der Waals surface area contributed by atoms with Crippen LogP contribution in [0, 0.1) is 11.6 Å². The van der Waals surface area contributed by atoms with Crippen LogP contribution in [0.4, 0.5) is 8.78 Å². The van der Waals surface area contributed by atoms with Crippen LogP contribution >= 0.6 is 15.9 Å². The van der Waals surface area contributed by atoms with Gasteiger partial charge in [0.25, 0.3) is 0 Å². The average Bonchev–Trinajstić information content (AvgIpc) is 2.94. The zero-order chi connectivity index (χ0) is 11.9. The second-order valence-corrected chi connectivity index (χ2v) is 4.93. The highest BCUT2D eigenvalue weighted by atomic mass is 79.9. The third kappa shape index (κ3) is 2.06. The van der Waals surface area contributed by atoms with Gasteiger partial charge in [0.15, 0.2) is 17.4 Å². The van der Waals surface area contributed by atoms with E-state index >= 15 is 0 Å². The van der Waals surface area contributed by atoms with Crippen LogP contribution in [0.5, 0.6) is 5.75 Å². The third-order valence-corrected chi connectivity index (χ3v) is 3.32. The lowest BCUT2D eigenvalue weighted by Crippen LogP contribution is -2.13. The molecule has 16 heavy (non-hydrogen) atoms. The molecule has 0 saturated heterocycles. The number of ether oxygens (including phenoxy) is 1. The van der Waals surface area contributed by atoms with Crippen molar-refractivity contribution in [1.29, 1.82) is 0 Å². The Morgan fingerprint density at radius 1 is 1.44 bits per heavy atom. The van der Waals surface area contributed by atoms with E-state index in [0.29, 0.717) is 12.8 Å². The van der Waals surface area contributed by atoms with E-state index in [4.69, 9.17) is 0 Å². The summed E-state index contributed by atoms with van der Waals surface area (Å²) < 4.78 is 32.0. The van der Waals surface area contributed by atoms with Gasteiger partial charge in [-0.05, 0) is 40.4 Å². The molecule has 0 amide bonds. The molecule has 2 nitrogen and oxygen atoms in total. The number of rotatable bonds is 3. The van der Waals surface area contributed by atoms with E-state index < -0.39 is 23.0 Å². The van der Waals surface area contributed by atoms with Crippen molar-refractivity contribution < 1.29 is 18.6 Å². The Balaban J connectivity index is 2.41. The van der Waals surface area contributed by atoms with Crippen LogP contribution in [-0.2, 0) is 6.42 Å². The molecule has 0 spiro atoms. The van der Waals surface area contributed by atoms with E-state index in [-0.39, 0.29) is 16.5 Å². The van der Waals surface area contributed by atoms with E-state index in [9.17, 15) is 13.9 Å². The van der Waals surface area contributed by atoms with E-state index in [1.165, 1.54) is 13.2 Å². The van der Waals surface area contributed by atoms with Gasteiger partial charge in [-0.3, -0.25) is 0 Å². The maximum absolute atomic E-state index is 13.8. The second-order valence-electron chi connectivity index (χ2n) is 4.08. The Kier molecular flexibility index (Phi) is 2.92. The zero-order valence-corrected chi connectivity index (χ0v) is 10.3. The highest BCUT2D eigenvalue weighted by molar-refractivity contribution is 9.10. The van der Waals surface area contributed by atoms with Crippen molar-refractivity contribution in [2.75, 3.05) is 7.11 Å². The maximum Gasteiger partial charge on any atom is 0.191 e. The summed E-state index contributed by atoms with van der Waals surface area (Å²) in [4.78, 5) is 0. The van der Waals surface area contributed by atoms with Crippen molar-refractivity contribution in [3.63, 3.8) is 0 Å². The molecule has 0 aromatic heterocycles. The van der Waals surface area contributed by atoms with Crippen LogP contribution in [-0.4, -0.2) is 17.8 Å². The molecule has 0 unspecified atom stereocenters. The smallest absolute Gasteiger partial charge is 0.191 e. The largest absolute Gasteiger partial charge is 0.491 e. The summed E-state index contributed by atoms with van der Waals surface area (Å²) in [5.41, 5.74) is -0.548. The molecule has 2 rings (SSSR count). The molecule has 88 valence electrons. The average molecular weight is 293 g/mol. The summed E-state index contributed by atoms with van der Waals surface area (Å²) in [6.45, 7) is 0. The normalized spacial score (nSPS) is 17.3. The highest BCUT2D eigenvalue weighted by Crippen LogP contribution is 2.41. The van der Waals surface area contributed by atoms with Crippen LogP contribution in [0.2, 0.25) is 0 Å². The highest BCUT2D eigenvalue weighted by Gasteiger charge is 2.41. The first kappa shape index (κ1) is 11.8. The molecular weight excluding hydrogens is 282 g/mol. The fraction of sp³-hybridized carbons (Fsp3) is 0.455. The van der Waals surface area contributed by atoms with Crippen molar-refractivity contribution in [3.8, 4) is 5.75 Å². The topological polar surface area (TPSA) is 29.5 Å². The van der Waals surface area contributed by atoms with E-state index in [0.717, 1.165) is 0 Å². The second kappa shape index (κ2) is 3.96. The van der Waals surface area contributed by atoms with Crippen LogP contribution < -0.4 is 4.74 Å². The minimum atomic E-state index is -0.816. The summed E-state index contributed by atoms with van der Waals surface area (Å²) in [5.74, 6) is -1.90. The number of aliphatic hydroxyl groups is 1. The van der Waals surface area contributed by atoms with Gasteiger partial charge < -0.3 is 9.84 Å². The number of halogens is 3. The minimum Gasteiger partial charge on any atom is -0.491 e. The van der Waals surface area contributed by atoms with Crippen molar-refractivity contribution in [2.24, 2.45) is 0 Å². The molecule has 1 saturated carbocycles. The zero-order valence-electron chi connectivity index (χ0n) is 8.69.